The summed E-state index contributed by atoms with van der Waals surface area (Å²) in [5.41, 5.74) is 0.900. The lowest BCUT2D eigenvalue weighted by Gasteiger charge is -2.62. The molecular formula is C22H34O2. The predicted molar refractivity (Wildman–Crippen MR) is 95.3 cm³/mol. The van der Waals surface area contributed by atoms with Gasteiger partial charge in [0.25, 0.3) is 0 Å². The Kier molecular flexibility index (Phi) is 3.53. The molecule has 0 radical (unpaired) electrons. The lowest BCUT2D eigenvalue weighted by Crippen LogP contribution is -2.55. The molecule has 0 amide bonds. The van der Waals surface area contributed by atoms with Gasteiger partial charge < -0.3 is 10.2 Å². The summed E-state index contributed by atoms with van der Waals surface area (Å²) in [7, 11) is 0. The van der Waals surface area contributed by atoms with Gasteiger partial charge in [-0.05, 0) is 105 Å². The summed E-state index contributed by atoms with van der Waals surface area (Å²) in [5.74, 6) is 4.11. The highest BCUT2D eigenvalue weighted by Crippen LogP contribution is 2.69. The summed E-state index contributed by atoms with van der Waals surface area (Å²) >= 11 is 0. The molecular weight excluding hydrogens is 296 g/mol. The molecule has 5 aliphatic rings. The van der Waals surface area contributed by atoms with Crippen LogP contribution in [0.1, 0.15) is 71.1 Å². The minimum absolute atomic E-state index is 0.0379. The number of fused-ring (bicyclic) bond motifs is 4. The quantitative estimate of drug-likeness (QED) is 0.650. The van der Waals surface area contributed by atoms with Gasteiger partial charge in [-0.3, -0.25) is 0 Å². The first-order valence-corrected chi connectivity index (χ1v) is 10.6. The highest BCUT2D eigenvalue weighted by molar-refractivity contribution is 5.17. The summed E-state index contributed by atoms with van der Waals surface area (Å²) in [6.07, 6.45) is 16.8. The molecule has 0 aromatic carbocycles. The van der Waals surface area contributed by atoms with Crippen molar-refractivity contribution in [2.45, 2.75) is 83.3 Å². The van der Waals surface area contributed by atoms with Gasteiger partial charge in [0.15, 0.2) is 0 Å². The highest BCUT2D eigenvalue weighted by atomic mass is 16.3. The van der Waals surface area contributed by atoms with E-state index in [4.69, 9.17) is 0 Å². The summed E-state index contributed by atoms with van der Waals surface area (Å²) < 4.78 is 0. The molecule has 0 heterocycles. The molecule has 2 heteroatoms. The van der Waals surface area contributed by atoms with Crippen LogP contribution in [0.25, 0.3) is 0 Å². The summed E-state index contributed by atoms with van der Waals surface area (Å²) in [4.78, 5) is 0. The fourth-order valence-corrected chi connectivity index (χ4v) is 8.50. The zero-order valence-corrected chi connectivity index (χ0v) is 15.2. The van der Waals surface area contributed by atoms with E-state index < -0.39 is 0 Å². The van der Waals surface area contributed by atoms with Crippen LogP contribution in [0.4, 0.5) is 0 Å². The minimum Gasteiger partial charge on any atom is -0.393 e. The summed E-state index contributed by atoms with van der Waals surface area (Å²) in [5, 5.41) is 20.5. The van der Waals surface area contributed by atoms with E-state index in [-0.39, 0.29) is 12.2 Å². The first-order valence-electron chi connectivity index (χ1n) is 10.6. The van der Waals surface area contributed by atoms with Gasteiger partial charge in [-0.2, -0.15) is 0 Å². The Bertz CT molecular complexity index is 542. The zero-order valence-electron chi connectivity index (χ0n) is 15.2. The number of aliphatic hydroxyl groups is 2. The largest absolute Gasteiger partial charge is 0.393 e. The first kappa shape index (κ1) is 15.9. The van der Waals surface area contributed by atoms with Crippen LogP contribution >= 0.6 is 0 Å². The smallest absolute Gasteiger partial charge is 0.0726 e. The van der Waals surface area contributed by atoms with E-state index in [1.54, 1.807) is 0 Å². The number of rotatable bonds is 0. The molecule has 9 atom stereocenters. The first-order chi connectivity index (χ1) is 11.5. The fraction of sp³-hybridized carbons (Fsp3) is 0.909. The van der Waals surface area contributed by atoms with Crippen molar-refractivity contribution in [2.75, 3.05) is 0 Å². The van der Waals surface area contributed by atoms with Gasteiger partial charge in [0, 0.05) is 0 Å². The second-order valence-corrected chi connectivity index (χ2v) is 10.2. The lowest BCUT2D eigenvalue weighted by molar-refractivity contribution is -0.134. The second kappa shape index (κ2) is 5.33. The molecule has 24 heavy (non-hydrogen) atoms. The van der Waals surface area contributed by atoms with Crippen LogP contribution in [0.2, 0.25) is 0 Å². The van der Waals surface area contributed by atoms with Crippen molar-refractivity contribution >= 4 is 0 Å². The Morgan fingerprint density at radius 3 is 2.62 bits per heavy atom. The molecule has 0 aromatic heterocycles. The Morgan fingerprint density at radius 2 is 1.75 bits per heavy atom. The standard InChI is InChI=1S/C22H34O2/c1-21-10-8-16(23)12-15(21)3-6-18-19(21)9-11-22-13-17(24)5-2-14(22)4-7-20(18)22/h2,5,14-20,23-24H,3-4,6-13H2,1H3/t14-,15+,16+,17-,18+,19-,20-,21-,22-/m0/s1. The summed E-state index contributed by atoms with van der Waals surface area (Å²) in [6, 6.07) is 0. The number of hydrogen-bond donors (Lipinski definition) is 2. The molecule has 1 spiro atoms. The zero-order chi connectivity index (χ0) is 16.5. The van der Waals surface area contributed by atoms with E-state index in [1.165, 1.54) is 44.9 Å². The van der Waals surface area contributed by atoms with Crippen molar-refractivity contribution in [3.8, 4) is 0 Å². The normalized spacial score (nSPS) is 59.2. The predicted octanol–water partition coefficient (Wildman–Crippen LogP) is 4.31. The van der Waals surface area contributed by atoms with E-state index in [2.05, 4.69) is 19.1 Å². The molecule has 2 nitrogen and oxygen atoms in total. The van der Waals surface area contributed by atoms with Crippen LogP contribution in [0.15, 0.2) is 12.2 Å². The van der Waals surface area contributed by atoms with E-state index in [1.807, 2.05) is 0 Å². The minimum atomic E-state index is -0.199. The number of aliphatic hydroxyl groups excluding tert-OH is 2. The fourth-order valence-electron chi connectivity index (χ4n) is 8.50. The van der Waals surface area contributed by atoms with Crippen molar-refractivity contribution in [3.05, 3.63) is 12.2 Å². The van der Waals surface area contributed by atoms with Gasteiger partial charge in [0.2, 0.25) is 0 Å². The van der Waals surface area contributed by atoms with Gasteiger partial charge in [-0.1, -0.05) is 19.1 Å². The third kappa shape index (κ3) is 2.02. The molecule has 0 bridgehead atoms. The van der Waals surface area contributed by atoms with Crippen LogP contribution in [-0.4, -0.2) is 22.4 Å². The maximum atomic E-state index is 10.3. The summed E-state index contributed by atoms with van der Waals surface area (Å²) in [6.45, 7) is 2.57. The molecule has 0 aromatic rings. The Hall–Kier alpha value is -0.340. The van der Waals surface area contributed by atoms with E-state index >= 15 is 0 Å². The monoisotopic (exact) mass is 330 g/mol. The Balaban J connectivity index is 1.46. The average molecular weight is 331 g/mol. The van der Waals surface area contributed by atoms with Gasteiger partial charge in [0.1, 0.15) is 0 Å². The van der Waals surface area contributed by atoms with Crippen molar-refractivity contribution < 1.29 is 10.2 Å². The average Bonchev–Trinajstić information content (AvgIpc) is 2.94. The van der Waals surface area contributed by atoms with Gasteiger partial charge >= 0.3 is 0 Å². The van der Waals surface area contributed by atoms with Gasteiger partial charge in [0.05, 0.1) is 12.2 Å². The Labute approximate surface area is 146 Å². The molecule has 134 valence electrons. The second-order valence-electron chi connectivity index (χ2n) is 10.2. The van der Waals surface area contributed by atoms with E-state index in [0.29, 0.717) is 10.8 Å². The van der Waals surface area contributed by atoms with Crippen molar-refractivity contribution in [3.63, 3.8) is 0 Å². The molecule has 5 aliphatic carbocycles. The number of allylic oxidation sites excluding steroid dienone is 1. The third-order valence-corrected chi connectivity index (χ3v) is 9.58. The number of hydrogen-bond acceptors (Lipinski definition) is 2. The van der Waals surface area contributed by atoms with Crippen LogP contribution in [-0.2, 0) is 0 Å². The van der Waals surface area contributed by atoms with Gasteiger partial charge in [-0.15, -0.1) is 0 Å². The van der Waals surface area contributed by atoms with Crippen molar-refractivity contribution in [2.24, 2.45) is 40.4 Å². The molecule has 5 rings (SSSR count). The maximum absolute atomic E-state index is 10.3. The molecule has 2 N–H and O–H groups in total. The topological polar surface area (TPSA) is 40.5 Å². The Morgan fingerprint density at radius 1 is 0.875 bits per heavy atom. The van der Waals surface area contributed by atoms with Crippen LogP contribution < -0.4 is 0 Å². The molecule has 4 saturated carbocycles. The lowest BCUT2D eigenvalue weighted by atomic mass is 9.43. The molecule has 0 saturated heterocycles. The molecule has 0 aliphatic heterocycles. The highest BCUT2D eigenvalue weighted by Gasteiger charge is 2.61. The maximum Gasteiger partial charge on any atom is 0.0726 e. The molecule has 0 unspecified atom stereocenters. The van der Waals surface area contributed by atoms with Crippen molar-refractivity contribution in [1.29, 1.82) is 0 Å². The van der Waals surface area contributed by atoms with Crippen molar-refractivity contribution in [1.82, 2.24) is 0 Å². The van der Waals surface area contributed by atoms with Crippen LogP contribution in [0, 0.1) is 40.4 Å². The third-order valence-electron chi connectivity index (χ3n) is 9.58. The van der Waals surface area contributed by atoms with Gasteiger partial charge in [-0.25, -0.2) is 0 Å². The van der Waals surface area contributed by atoms with Crippen LogP contribution in [0.3, 0.4) is 0 Å². The molecule has 4 fully saturated rings. The van der Waals surface area contributed by atoms with E-state index in [9.17, 15) is 10.2 Å². The van der Waals surface area contributed by atoms with Crippen LogP contribution in [0.5, 0.6) is 0 Å². The SMILES string of the molecule is C[C@]12CC[C@@H](O)C[C@H]1CC[C@@H]1[C@@H]2CC[C@]23C[C@@H](O)C=C[C@H]2CC[C@@H]13. The van der Waals surface area contributed by atoms with E-state index in [0.717, 1.165) is 48.9 Å².